The van der Waals surface area contributed by atoms with Gasteiger partial charge in [0, 0.05) is 18.8 Å². The van der Waals surface area contributed by atoms with Crippen LogP contribution in [0.5, 0.6) is 5.88 Å². The van der Waals surface area contributed by atoms with Crippen LogP contribution in [0.2, 0.25) is 0 Å². The van der Waals surface area contributed by atoms with Gasteiger partial charge in [-0.25, -0.2) is 4.98 Å². The standard InChI is InChI=1S/C20H26N2O2/c1-4-15(3)19(17-9-7-6-8-10-17)20(23)22-14-16-11-12-21-18(13-16)24-5-2/h6-13,15,19H,4-5,14H2,1-3H3,(H,22,23). The molecule has 1 heterocycles. The molecule has 0 saturated heterocycles. The van der Waals surface area contributed by atoms with Crippen molar-refractivity contribution in [2.45, 2.75) is 39.7 Å². The van der Waals surface area contributed by atoms with Crippen LogP contribution >= 0.6 is 0 Å². The fourth-order valence-electron chi connectivity index (χ4n) is 2.72. The van der Waals surface area contributed by atoms with Gasteiger partial charge < -0.3 is 10.1 Å². The van der Waals surface area contributed by atoms with Crippen molar-refractivity contribution < 1.29 is 9.53 Å². The van der Waals surface area contributed by atoms with Crippen LogP contribution in [-0.2, 0) is 11.3 Å². The minimum absolute atomic E-state index is 0.0605. The molecule has 0 fully saturated rings. The van der Waals surface area contributed by atoms with Crippen LogP contribution in [0, 0.1) is 5.92 Å². The molecule has 4 nitrogen and oxygen atoms in total. The van der Waals surface area contributed by atoms with Crippen LogP contribution in [0.3, 0.4) is 0 Å². The Morgan fingerprint density at radius 2 is 1.96 bits per heavy atom. The Balaban J connectivity index is 2.07. The minimum atomic E-state index is -0.135. The predicted molar refractivity (Wildman–Crippen MR) is 95.9 cm³/mol. The summed E-state index contributed by atoms with van der Waals surface area (Å²) in [6, 6.07) is 13.7. The topological polar surface area (TPSA) is 51.2 Å². The maximum atomic E-state index is 12.8. The van der Waals surface area contributed by atoms with Crippen molar-refractivity contribution in [3.05, 3.63) is 59.8 Å². The number of pyridine rings is 1. The van der Waals surface area contributed by atoms with E-state index in [1.807, 2.05) is 49.4 Å². The van der Waals surface area contributed by atoms with Gasteiger partial charge in [-0.2, -0.15) is 0 Å². The van der Waals surface area contributed by atoms with E-state index in [0.29, 0.717) is 19.0 Å². The largest absolute Gasteiger partial charge is 0.478 e. The Morgan fingerprint density at radius 3 is 2.62 bits per heavy atom. The molecule has 0 radical (unpaired) electrons. The van der Waals surface area contributed by atoms with Gasteiger partial charge >= 0.3 is 0 Å². The zero-order valence-corrected chi connectivity index (χ0v) is 14.7. The first-order valence-electron chi connectivity index (χ1n) is 8.56. The third-order valence-electron chi connectivity index (χ3n) is 4.21. The van der Waals surface area contributed by atoms with Crippen LogP contribution in [0.4, 0.5) is 0 Å². The maximum absolute atomic E-state index is 12.8. The number of hydrogen-bond donors (Lipinski definition) is 1. The Hall–Kier alpha value is -2.36. The normalized spacial score (nSPS) is 13.1. The molecule has 128 valence electrons. The van der Waals surface area contributed by atoms with Crippen LogP contribution in [0.1, 0.15) is 44.2 Å². The zero-order chi connectivity index (χ0) is 17.4. The van der Waals surface area contributed by atoms with E-state index >= 15 is 0 Å². The molecule has 2 rings (SSSR count). The number of benzene rings is 1. The van der Waals surface area contributed by atoms with Gasteiger partial charge in [-0.05, 0) is 30.0 Å². The lowest BCUT2D eigenvalue weighted by Gasteiger charge is -2.23. The number of rotatable bonds is 8. The molecule has 1 amide bonds. The second kappa shape index (κ2) is 9.06. The molecule has 0 aliphatic heterocycles. The summed E-state index contributed by atoms with van der Waals surface area (Å²) in [6.45, 7) is 7.21. The highest BCUT2D eigenvalue weighted by atomic mass is 16.5. The van der Waals surface area contributed by atoms with Gasteiger partial charge in [0.1, 0.15) is 0 Å². The van der Waals surface area contributed by atoms with Gasteiger partial charge in [0.2, 0.25) is 11.8 Å². The van der Waals surface area contributed by atoms with Crippen molar-refractivity contribution in [3.63, 3.8) is 0 Å². The number of carbonyl (C=O) groups excluding carboxylic acids is 1. The molecule has 2 aromatic rings. The molecule has 2 unspecified atom stereocenters. The van der Waals surface area contributed by atoms with Gasteiger partial charge in [0.25, 0.3) is 0 Å². The van der Waals surface area contributed by atoms with Crippen molar-refractivity contribution in [1.82, 2.24) is 10.3 Å². The number of nitrogens with one attached hydrogen (secondary N) is 1. The quantitative estimate of drug-likeness (QED) is 0.800. The highest BCUT2D eigenvalue weighted by molar-refractivity contribution is 5.83. The summed E-state index contributed by atoms with van der Waals surface area (Å²) >= 11 is 0. The fraction of sp³-hybridized carbons (Fsp3) is 0.400. The van der Waals surface area contributed by atoms with Crippen LogP contribution in [0.25, 0.3) is 0 Å². The number of nitrogens with zero attached hydrogens (tertiary/aromatic N) is 1. The summed E-state index contributed by atoms with van der Waals surface area (Å²) in [7, 11) is 0. The van der Waals surface area contributed by atoms with E-state index in [2.05, 4.69) is 24.1 Å². The molecular formula is C20H26N2O2. The first-order chi connectivity index (χ1) is 11.7. The SMILES string of the molecule is CCOc1cc(CNC(=O)C(c2ccccc2)C(C)CC)ccn1. The molecule has 1 aromatic carbocycles. The highest BCUT2D eigenvalue weighted by Crippen LogP contribution is 2.27. The lowest BCUT2D eigenvalue weighted by molar-refractivity contribution is -0.123. The van der Waals surface area contributed by atoms with E-state index in [9.17, 15) is 4.79 Å². The maximum Gasteiger partial charge on any atom is 0.228 e. The Morgan fingerprint density at radius 1 is 1.21 bits per heavy atom. The van der Waals surface area contributed by atoms with Crippen molar-refractivity contribution >= 4 is 5.91 Å². The molecule has 0 spiro atoms. The molecule has 1 aromatic heterocycles. The Labute approximate surface area is 144 Å². The average molecular weight is 326 g/mol. The average Bonchev–Trinajstić information content (AvgIpc) is 2.61. The summed E-state index contributed by atoms with van der Waals surface area (Å²) in [4.78, 5) is 16.9. The van der Waals surface area contributed by atoms with Gasteiger partial charge in [-0.1, -0.05) is 50.6 Å². The molecule has 1 N–H and O–H groups in total. The van der Waals surface area contributed by atoms with E-state index < -0.39 is 0 Å². The second-order valence-corrected chi connectivity index (χ2v) is 5.93. The van der Waals surface area contributed by atoms with Gasteiger partial charge in [-0.15, -0.1) is 0 Å². The van der Waals surface area contributed by atoms with Crippen molar-refractivity contribution in [2.75, 3.05) is 6.61 Å². The van der Waals surface area contributed by atoms with Crippen LogP contribution in [-0.4, -0.2) is 17.5 Å². The van der Waals surface area contributed by atoms with Crippen LogP contribution in [0.15, 0.2) is 48.7 Å². The molecule has 0 aliphatic rings. The highest BCUT2D eigenvalue weighted by Gasteiger charge is 2.25. The summed E-state index contributed by atoms with van der Waals surface area (Å²) < 4.78 is 5.40. The predicted octanol–water partition coefficient (Wildman–Crippen LogP) is 3.93. The first kappa shape index (κ1) is 18.0. The minimum Gasteiger partial charge on any atom is -0.478 e. The molecule has 0 saturated carbocycles. The third-order valence-corrected chi connectivity index (χ3v) is 4.21. The number of hydrogen-bond acceptors (Lipinski definition) is 3. The Bertz CT molecular complexity index is 643. The van der Waals surface area contributed by atoms with Crippen molar-refractivity contribution in [1.29, 1.82) is 0 Å². The van der Waals surface area contributed by atoms with Crippen LogP contribution < -0.4 is 10.1 Å². The molecule has 0 aliphatic carbocycles. The molecular weight excluding hydrogens is 300 g/mol. The van der Waals surface area contributed by atoms with Gasteiger partial charge in [0.05, 0.1) is 12.5 Å². The van der Waals surface area contributed by atoms with Gasteiger partial charge in [-0.3, -0.25) is 4.79 Å². The lowest BCUT2D eigenvalue weighted by atomic mass is 9.85. The van der Waals surface area contributed by atoms with E-state index in [-0.39, 0.29) is 17.7 Å². The number of carbonyl (C=O) groups is 1. The van der Waals surface area contributed by atoms with Crippen molar-refractivity contribution in [2.24, 2.45) is 5.92 Å². The number of amides is 1. The first-order valence-corrected chi connectivity index (χ1v) is 8.56. The smallest absolute Gasteiger partial charge is 0.228 e. The molecule has 24 heavy (non-hydrogen) atoms. The number of aromatic nitrogens is 1. The van der Waals surface area contributed by atoms with E-state index in [1.54, 1.807) is 6.20 Å². The summed E-state index contributed by atoms with van der Waals surface area (Å²) in [5.41, 5.74) is 2.05. The zero-order valence-electron chi connectivity index (χ0n) is 14.7. The molecule has 2 atom stereocenters. The van der Waals surface area contributed by atoms with Gasteiger partial charge in [0.15, 0.2) is 0 Å². The van der Waals surface area contributed by atoms with Crippen molar-refractivity contribution in [3.8, 4) is 5.88 Å². The summed E-state index contributed by atoms with van der Waals surface area (Å²) in [5.74, 6) is 0.796. The van der Waals surface area contributed by atoms with E-state index in [1.165, 1.54) is 0 Å². The number of ether oxygens (including phenoxy) is 1. The second-order valence-electron chi connectivity index (χ2n) is 5.93. The molecule has 4 heteroatoms. The van der Waals surface area contributed by atoms with E-state index in [4.69, 9.17) is 4.74 Å². The molecule has 0 bridgehead atoms. The summed E-state index contributed by atoms with van der Waals surface area (Å²) in [6.07, 6.45) is 2.66. The summed E-state index contributed by atoms with van der Waals surface area (Å²) in [5, 5.41) is 3.06. The monoisotopic (exact) mass is 326 g/mol. The fourth-order valence-corrected chi connectivity index (χ4v) is 2.72. The Kier molecular flexibility index (Phi) is 6.79. The lowest BCUT2D eigenvalue weighted by Crippen LogP contribution is -2.32. The third kappa shape index (κ3) is 4.82. The van der Waals surface area contributed by atoms with E-state index in [0.717, 1.165) is 17.5 Å².